The minimum absolute atomic E-state index is 0.0150. The third-order valence-corrected chi connectivity index (χ3v) is 6.24. The molecule has 8 nitrogen and oxygen atoms in total. The molecule has 2 amide bonds. The van der Waals surface area contributed by atoms with Gasteiger partial charge in [0.25, 0.3) is 5.91 Å². The maximum absolute atomic E-state index is 13.7. The van der Waals surface area contributed by atoms with E-state index in [0.29, 0.717) is 29.3 Å². The average molecular weight is 475 g/mol. The van der Waals surface area contributed by atoms with Crippen LogP contribution in [0.3, 0.4) is 0 Å². The number of carbonyl (C=O) groups excluding carboxylic acids is 2. The molecule has 0 aliphatic carbocycles. The monoisotopic (exact) mass is 474 g/mol. The number of amides is 2. The van der Waals surface area contributed by atoms with Crippen molar-refractivity contribution >= 4 is 23.2 Å². The number of anilines is 2. The first-order chi connectivity index (χ1) is 17.0. The molecule has 2 aliphatic rings. The van der Waals surface area contributed by atoms with Crippen LogP contribution < -0.4 is 19.4 Å². The van der Waals surface area contributed by atoms with E-state index in [9.17, 15) is 14.7 Å². The summed E-state index contributed by atoms with van der Waals surface area (Å²) in [5.74, 6) is -0.619. The maximum Gasteiger partial charge on any atom is 0.266 e. The summed E-state index contributed by atoms with van der Waals surface area (Å²) in [5, 5.41) is 11.7. The topological polar surface area (TPSA) is 88.5 Å². The number of hydroxylamine groups is 1. The Morgan fingerprint density at radius 1 is 0.943 bits per heavy atom. The number of aromatic hydroxyl groups is 1. The van der Waals surface area contributed by atoms with Crippen LogP contribution in [-0.4, -0.2) is 36.7 Å². The molecule has 2 heterocycles. The van der Waals surface area contributed by atoms with Crippen molar-refractivity contribution in [3.05, 3.63) is 78.4 Å². The number of phenols is 1. The molecule has 0 spiro atoms. The molecule has 0 unspecified atom stereocenters. The van der Waals surface area contributed by atoms with Gasteiger partial charge in [-0.25, -0.2) is 9.96 Å². The molecule has 5 rings (SSSR count). The van der Waals surface area contributed by atoms with Gasteiger partial charge in [-0.15, -0.1) is 0 Å². The second-order valence-electron chi connectivity index (χ2n) is 8.44. The molecule has 35 heavy (non-hydrogen) atoms. The predicted molar refractivity (Wildman–Crippen MR) is 129 cm³/mol. The van der Waals surface area contributed by atoms with Crippen molar-refractivity contribution in [3.63, 3.8) is 0 Å². The van der Waals surface area contributed by atoms with E-state index in [4.69, 9.17) is 14.3 Å². The lowest BCUT2D eigenvalue weighted by molar-refractivity contribution is -0.126. The lowest BCUT2D eigenvalue weighted by Crippen LogP contribution is -2.37. The summed E-state index contributed by atoms with van der Waals surface area (Å²) in [4.78, 5) is 34.5. The van der Waals surface area contributed by atoms with Crippen LogP contribution >= 0.6 is 0 Å². The molecular formula is C27H26N2O6. The third-order valence-electron chi connectivity index (χ3n) is 6.24. The number of phenolic OH excluding ortho intramolecular Hbond substituents is 1. The zero-order valence-corrected chi connectivity index (χ0v) is 19.5. The van der Waals surface area contributed by atoms with Gasteiger partial charge >= 0.3 is 0 Å². The fourth-order valence-corrected chi connectivity index (χ4v) is 4.60. The van der Waals surface area contributed by atoms with Crippen LogP contribution in [0.25, 0.3) is 0 Å². The van der Waals surface area contributed by atoms with Crippen LogP contribution in [0.1, 0.15) is 24.9 Å². The number of carbonyl (C=O) groups is 2. The molecule has 1 N–H and O–H groups in total. The second kappa shape index (κ2) is 9.31. The number of ether oxygens (including phenoxy) is 2. The Morgan fingerprint density at radius 2 is 1.69 bits per heavy atom. The Hall–Kier alpha value is -4.04. The van der Waals surface area contributed by atoms with Crippen LogP contribution in [0.4, 0.5) is 11.4 Å². The number of nitrogens with zero attached hydrogens (tertiary/aromatic N) is 2. The average Bonchev–Trinajstić information content (AvgIpc) is 3.40. The standard InChI is InChI=1S/C27H26N2O6/c1-3-15-34-20-12-10-18(11-13-20)28-26(31)23-24(17-9-14-21(30)22(16-17)33-2)29(35-25(23)27(28)32)19-7-5-4-6-8-19/h4-14,16,23-25,30H,3,15H2,1-2H3/t23-,24+,25+/m0/s1. The van der Waals surface area contributed by atoms with E-state index in [2.05, 4.69) is 0 Å². The third kappa shape index (κ3) is 3.95. The van der Waals surface area contributed by atoms with Crippen molar-refractivity contribution in [1.29, 1.82) is 0 Å². The normalized spacial score (nSPS) is 21.4. The number of imide groups is 1. The summed E-state index contributed by atoms with van der Waals surface area (Å²) in [6.45, 7) is 2.61. The van der Waals surface area contributed by atoms with Gasteiger partial charge in [-0.1, -0.05) is 31.2 Å². The van der Waals surface area contributed by atoms with Crippen LogP contribution in [0.2, 0.25) is 0 Å². The highest BCUT2D eigenvalue weighted by atomic mass is 16.7. The van der Waals surface area contributed by atoms with Crippen molar-refractivity contribution in [2.75, 3.05) is 23.7 Å². The Balaban J connectivity index is 1.52. The molecule has 2 saturated heterocycles. The Morgan fingerprint density at radius 3 is 2.37 bits per heavy atom. The van der Waals surface area contributed by atoms with E-state index in [1.54, 1.807) is 41.5 Å². The molecule has 2 aliphatic heterocycles. The van der Waals surface area contributed by atoms with Crippen molar-refractivity contribution in [1.82, 2.24) is 0 Å². The van der Waals surface area contributed by atoms with E-state index in [0.717, 1.165) is 6.42 Å². The number of hydrogen-bond donors (Lipinski definition) is 1. The summed E-state index contributed by atoms with van der Waals surface area (Å²) < 4.78 is 10.9. The minimum Gasteiger partial charge on any atom is -0.504 e. The van der Waals surface area contributed by atoms with E-state index in [-0.39, 0.29) is 17.4 Å². The molecular weight excluding hydrogens is 448 g/mol. The highest BCUT2D eigenvalue weighted by molar-refractivity contribution is 6.23. The van der Waals surface area contributed by atoms with Gasteiger partial charge in [0.05, 0.1) is 31.1 Å². The zero-order chi connectivity index (χ0) is 24.5. The van der Waals surface area contributed by atoms with Gasteiger partial charge in [0.15, 0.2) is 17.6 Å². The van der Waals surface area contributed by atoms with E-state index < -0.39 is 24.0 Å². The van der Waals surface area contributed by atoms with Crippen molar-refractivity contribution in [2.24, 2.45) is 5.92 Å². The number of fused-ring (bicyclic) bond motifs is 1. The lowest BCUT2D eigenvalue weighted by Gasteiger charge is -2.29. The first-order valence-corrected chi connectivity index (χ1v) is 11.5. The number of methoxy groups -OCH3 is 1. The summed E-state index contributed by atoms with van der Waals surface area (Å²) in [7, 11) is 1.46. The van der Waals surface area contributed by atoms with Gasteiger partial charge < -0.3 is 14.6 Å². The highest BCUT2D eigenvalue weighted by Gasteiger charge is 2.60. The highest BCUT2D eigenvalue weighted by Crippen LogP contribution is 2.48. The number of rotatable bonds is 7. The molecule has 2 fully saturated rings. The van der Waals surface area contributed by atoms with E-state index >= 15 is 0 Å². The van der Waals surface area contributed by atoms with Gasteiger partial charge in [0.2, 0.25) is 5.91 Å². The lowest BCUT2D eigenvalue weighted by atomic mass is 9.90. The van der Waals surface area contributed by atoms with Crippen LogP contribution in [0, 0.1) is 5.92 Å². The molecule has 0 aromatic heterocycles. The predicted octanol–water partition coefficient (Wildman–Crippen LogP) is 4.24. The smallest absolute Gasteiger partial charge is 0.266 e. The molecule has 3 aromatic carbocycles. The number of para-hydroxylation sites is 1. The summed E-state index contributed by atoms with van der Waals surface area (Å²) in [5.41, 5.74) is 1.86. The van der Waals surface area contributed by atoms with Gasteiger partial charge in [0.1, 0.15) is 11.7 Å². The first-order valence-electron chi connectivity index (χ1n) is 11.5. The summed E-state index contributed by atoms with van der Waals surface area (Å²) >= 11 is 0. The van der Waals surface area contributed by atoms with Crippen LogP contribution in [0.5, 0.6) is 17.2 Å². The number of benzene rings is 3. The Kier molecular flexibility index (Phi) is 6.05. The van der Waals surface area contributed by atoms with Crippen LogP contribution in [0.15, 0.2) is 72.8 Å². The fraction of sp³-hybridized carbons (Fsp3) is 0.259. The molecule has 180 valence electrons. The first kappa shape index (κ1) is 22.7. The second-order valence-corrected chi connectivity index (χ2v) is 8.44. The maximum atomic E-state index is 13.7. The van der Waals surface area contributed by atoms with Gasteiger partial charge in [-0.2, -0.15) is 0 Å². The zero-order valence-electron chi connectivity index (χ0n) is 19.5. The van der Waals surface area contributed by atoms with Gasteiger partial charge in [0, 0.05) is 0 Å². The van der Waals surface area contributed by atoms with Crippen molar-refractivity contribution in [3.8, 4) is 17.2 Å². The minimum atomic E-state index is -0.983. The molecule has 0 radical (unpaired) electrons. The molecule has 0 bridgehead atoms. The van der Waals surface area contributed by atoms with E-state index in [1.807, 2.05) is 37.3 Å². The SMILES string of the molecule is CCCOc1ccc(N2C(=O)[C@H]3[C@@H](c4ccc(O)c(OC)c4)N(c4ccccc4)O[C@H]3C2=O)cc1. The quantitative estimate of drug-likeness (QED) is 0.513. The van der Waals surface area contributed by atoms with E-state index in [1.165, 1.54) is 18.1 Å². The molecule has 3 atom stereocenters. The van der Waals surface area contributed by atoms with Gasteiger partial charge in [-0.05, 0) is 60.5 Å². The Labute approximate surface area is 203 Å². The van der Waals surface area contributed by atoms with Crippen LogP contribution in [-0.2, 0) is 14.4 Å². The van der Waals surface area contributed by atoms with Crippen molar-refractivity contribution in [2.45, 2.75) is 25.5 Å². The largest absolute Gasteiger partial charge is 0.504 e. The molecule has 3 aromatic rings. The summed E-state index contributed by atoms with van der Waals surface area (Å²) in [6, 6.07) is 20.5. The summed E-state index contributed by atoms with van der Waals surface area (Å²) in [6.07, 6.45) is -0.101. The molecule has 8 heteroatoms. The number of hydrogen-bond acceptors (Lipinski definition) is 7. The molecule has 0 saturated carbocycles. The fourth-order valence-electron chi connectivity index (χ4n) is 4.60. The Bertz CT molecular complexity index is 1230. The van der Waals surface area contributed by atoms with Gasteiger partial charge in [-0.3, -0.25) is 14.4 Å². The van der Waals surface area contributed by atoms with Crippen molar-refractivity contribution < 1.29 is 29.0 Å².